The minimum atomic E-state index is 0.683. The molecule has 4 heteroatoms. The Hall–Kier alpha value is -1.23. The number of piperidine rings is 1. The normalized spacial score (nSPS) is 20.1. The lowest BCUT2D eigenvalue weighted by Crippen LogP contribution is -2.36. The topological polar surface area (TPSA) is 41.6 Å². The van der Waals surface area contributed by atoms with Crippen molar-refractivity contribution < 1.29 is 9.53 Å². The highest BCUT2D eigenvalue weighted by Crippen LogP contribution is 2.25. The summed E-state index contributed by atoms with van der Waals surface area (Å²) in [6, 6.07) is 10.0. The van der Waals surface area contributed by atoms with Crippen LogP contribution < -0.4 is 5.32 Å². The van der Waals surface area contributed by atoms with Crippen LogP contribution >= 0.6 is 0 Å². The van der Waals surface area contributed by atoms with E-state index in [4.69, 9.17) is 9.53 Å². The number of carbonyl (C=O) groups excluding carboxylic acids is 1. The van der Waals surface area contributed by atoms with Gasteiger partial charge in [0.2, 0.25) is 0 Å². The molecule has 2 aliphatic heterocycles. The van der Waals surface area contributed by atoms with E-state index in [0.29, 0.717) is 6.04 Å². The molecule has 0 atom stereocenters. The molecule has 0 spiro atoms. The lowest BCUT2D eigenvalue weighted by molar-refractivity contribution is -0.0979. The van der Waals surface area contributed by atoms with Crippen LogP contribution in [0.5, 0.6) is 0 Å². The summed E-state index contributed by atoms with van der Waals surface area (Å²) >= 11 is 0. The van der Waals surface area contributed by atoms with Gasteiger partial charge in [-0.2, -0.15) is 0 Å². The Morgan fingerprint density at radius 2 is 1.70 bits per heavy atom. The number of carbonyl (C=O) groups is 1. The van der Waals surface area contributed by atoms with Crippen LogP contribution in [-0.2, 0) is 16.1 Å². The minimum Gasteiger partial charge on any atom is -0.381 e. The average Bonchev–Trinajstić information content (AvgIpc) is 2.65. The average molecular weight is 318 g/mol. The lowest BCUT2D eigenvalue weighted by atomic mass is 9.90. The van der Waals surface area contributed by atoms with Crippen LogP contribution in [0.2, 0.25) is 0 Å². The SMILES string of the molecule is C=O.CN(Cc1ccc(C2CCNCC2)cc1)C1CCOCC1. The van der Waals surface area contributed by atoms with E-state index in [2.05, 4.69) is 41.5 Å². The van der Waals surface area contributed by atoms with Gasteiger partial charge in [0.1, 0.15) is 6.79 Å². The molecule has 128 valence electrons. The first-order valence-electron chi connectivity index (χ1n) is 8.69. The van der Waals surface area contributed by atoms with Gasteiger partial charge in [0.05, 0.1) is 0 Å². The third kappa shape index (κ3) is 5.41. The van der Waals surface area contributed by atoms with Crippen molar-refractivity contribution >= 4 is 6.79 Å². The molecule has 2 heterocycles. The zero-order chi connectivity index (χ0) is 16.5. The van der Waals surface area contributed by atoms with E-state index in [1.807, 2.05) is 6.79 Å². The van der Waals surface area contributed by atoms with Crippen LogP contribution in [0, 0.1) is 0 Å². The van der Waals surface area contributed by atoms with Gasteiger partial charge in [-0.25, -0.2) is 0 Å². The molecule has 0 aliphatic carbocycles. The first-order chi connectivity index (χ1) is 11.3. The van der Waals surface area contributed by atoms with E-state index in [1.165, 1.54) is 49.9 Å². The smallest absolute Gasteiger partial charge is 0.106 e. The van der Waals surface area contributed by atoms with Crippen LogP contribution in [0.4, 0.5) is 0 Å². The molecular weight excluding hydrogens is 288 g/mol. The Morgan fingerprint density at radius 1 is 1.09 bits per heavy atom. The molecule has 0 bridgehead atoms. The van der Waals surface area contributed by atoms with Crippen molar-refractivity contribution in [1.82, 2.24) is 10.2 Å². The molecule has 0 amide bonds. The maximum atomic E-state index is 8.00. The van der Waals surface area contributed by atoms with Gasteiger partial charge in [0.15, 0.2) is 0 Å². The Labute approximate surface area is 140 Å². The molecule has 0 unspecified atom stereocenters. The number of rotatable bonds is 4. The number of ether oxygens (including phenoxy) is 1. The largest absolute Gasteiger partial charge is 0.381 e. The first kappa shape index (κ1) is 18.1. The first-order valence-corrected chi connectivity index (χ1v) is 8.69. The third-order valence-corrected chi connectivity index (χ3v) is 5.04. The minimum absolute atomic E-state index is 0.683. The summed E-state index contributed by atoms with van der Waals surface area (Å²) in [5, 5.41) is 3.44. The van der Waals surface area contributed by atoms with Crippen LogP contribution in [0.3, 0.4) is 0 Å². The molecule has 2 fully saturated rings. The van der Waals surface area contributed by atoms with E-state index >= 15 is 0 Å². The predicted octanol–water partition coefficient (Wildman–Crippen LogP) is 2.58. The highest BCUT2D eigenvalue weighted by atomic mass is 16.5. The molecule has 0 radical (unpaired) electrons. The number of hydrogen-bond donors (Lipinski definition) is 1. The highest BCUT2D eigenvalue weighted by molar-refractivity contribution is 5.26. The van der Waals surface area contributed by atoms with Crippen LogP contribution in [-0.4, -0.2) is 51.1 Å². The van der Waals surface area contributed by atoms with Gasteiger partial charge in [-0.3, -0.25) is 4.90 Å². The maximum absolute atomic E-state index is 8.00. The van der Waals surface area contributed by atoms with Crippen molar-refractivity contribution in [1.29, 1.82) is 0 Å². The van der Waals surface area contributed by atoms with Crippen molar-refractivity contribution in [3.05, 3.63) is 35.4 Å². The fourth-order valence-electron chi connectivity index (χ4n) is 3.59. The van der Waals surface area contributed by atoms with Gasteiger partial charge in [-0.15, -0.1) is 0 Å². The highest BCUT2D eigenvalue weighted by Gasteiger charge is 2.19. The molecule has 0 saturated carbocycles. The van der Waals surface area contributed by atoms with Crippen LogP contribution in [0.1, 0.15) is 42.7 Å². The molecule has 3 rings (SSSR count). The molecule has 4 nitrogen and oxygen atoms in total. The molecular formula is C19H30N2O2. The Balaban J connectivity index is 0.000000924. The van der Waals surface area contributed by atoms with E-state index in [-0.39, 0.29) is 0 Å². The molecule has 0 aromatic heterocycles. The van der Waals surface area contributed by atoms with Gasteiger partial charge in [0.25, 0.3) is 0 Å². The molecule has 1 aromatic carbocycles. The second-order valence-electron chi connectivity index (χ2n) is 6.52. The zero-order valence-corrected chi connectivity index (χ0v) is 14.3. The fourth-order valence-corrected chi connectivity index (χ4v) is 3.59. The van der Waals surface area contributed by atoms with E-state index in [1.54, 1.807) is 0 Å². The quantitative estimate of drug-likeness (QED) is 0.926. The van der Waals surface area contributed by atoms with Crippen molar-refractivity contribution in [2.24, 2.45) is 0 Å². The summed E-state index contributed by atoms with van der Waals surface area (Å²) in [6.07, 6.45) is 4.90. The van der Waals surface area contributed by atoms with Gasteiger partial charge in [0, 0.05) is 25.8 Å². The Bertz CT molecular complexity index is 437. The number of nitrogens with zero attached hydrogens (tertiary/aromatic N) is 1. The molecule has 2 saturated heterocycles. The summed E-state index contributed by atoms with van der Waals surface area (Å²) in [6.45, 7) is 7.22. The summed E-state index contributed by atoms with van der Waals surface area (Å²) in [7, 11) is 2.25. The Morgan fingerprint density at radius 3 is 2.30 bits per heavy atom. The summed E-state index contributed by atoms with van der Waals surface area (Å²) in [4.78, 5) is 10.5. The molecule has 23 heavy (non-hydrogen) atoms. The van der Waals surface area contributed by atoms with Crippen molar-refractivity contribution in [2.45, 2.75) is 44.2 Å². The number of benzene rings is 1. The second kappa shape index (κ2) is 9.81. The van der Waals surface area contributed by atoms with E-state index in [9.17, 15) is 0 Å². The Kier molecular flexibility index (Phi) is 7.72. The monoisotopic (exact) mass is 318 g/mol. The fraction of sp³-hybridized carbons (Fsp3) is 0.632. The summed E-state index contributed by atoms with van der Waals surface area (Å²) in [5.41, 5.74) is 2.95. The third-order valence-electron chi connectivity index (χ3n) is 5.04. The summed E-state index contributed by atoms with van der Waals surface area (Å²) in [5.74, 6) is 0.758. The second-order valence-corrected chi connectivity index (χ2v) is 6.52. The van der Waals surface area contributed by atoms with Gasteiger partial charge in [-0.1, -0.05) is 24.3 Å². The van der Waals surface area contributed by atoms with Crippen molar-refractivity contribution in [2.75, 3.05) is 33.4 Å². The standard InChI is InChI=1S/C18H28N2O.CH2O/c1-20(18-8-12-21-13-9-18)14-15-2-4-16(5-3-15)17-6-10-19-11-7-17;1-2/h2-5,17-19H,6-14H2,1H3;1H2. The van der Waals surface area contributed by atoms with Gasteiger partial charge in [-0.05, 0) is 62.9 Å². The van der Waals surface area contributed by atoms with E-state index < -0.39 is 0 Å². The van der Waals surface area contributed by atoms with Gasteiger partial charge >= 0.3 is 0 Å². The van der Waals surface area contributed by atoms with Gasteiger partial charge < -0.3 is 14.8 Å². The zero-order valence-electron chi connectivity index (χ0n) is 14.3. The number of nitrogens with one attached hydrogen (secondary N) is 1. The molecule has 1 N–H and O–H groups in total. The van der Waals surface area contributed by atoms with Crippen LogP contribution in [0.25, 0.3) is 0 Å². The van der Waals surface area contributed by atoms with Crippen LogP contribution in [0.15, 0.2) is 24.3 Å². The summed E-state index contributed by atoms with van der Waals surface area (Å²) < 4.78 is 5.45. The maximum Gasteiger partial charge on any atom is 0.106 e. The number of hydrogen-bond acceptors (Lipinski definition) is 4. The molecule has 2 aliphatic rings. The predicted molar refractivity (Wildman–Crippen MR) is 93.7 cm³/mol. The lowest BCUT2D eigenvalue weighted by Gasteiger charge is -2.31. The van der Waals surface area contributed by atoms with Crippen molar-refractivity contribution in [3.63, 3.8) is 0 Å². The van der Waals surface area contributed by atoms with E-state index in [0.717, 1.165) is 25.7 Å². The molecule has 1 aromatic rings. The van der Waals surface area contributed by atoms with Crippen molar-refractivity contribution in [3.8, 4) is 0 Å².